The molecular weight excluding hydrogens is 346 g/mol. The molecule has 0 fully saturated rings. The van der Waals surface area contributed by atoms with Crippen molar-refractivity contribution >= 4 is 21.9 Å². The monoisotopic (exact) mass is 365 g/mol. The molecule has 2 rings (SSSR count). The maximum Gasteiger partial charge on any atom is 0.320 e. The van der Waals surface area contributed by atoms with Gasteiger partial charge in [-0.15, -0.1) is 0 Å². The van der Waals surface area contributed by atoms with Crippen LogP contribution in [0.2, 0.25) is 0 Å². The number of carbonyl (C=O) groups is 1. The third-order valence-corrected chi connectivity index (χ3v) is 3.78. The van der Waals surface area contributed by atoms with Crippen LogP contribution in [0, 0.1) is 5.92 Å². The molecule has 6 heteroatoms. The number of halogens is 1. The average Bonchev–Trinajstić information content (AvgIpc) is 2.91. The van der Waals surface area contributed by atoms with E-state index in [4.69, 9.17) is 0 Å². The van der Waals surface area contributed by atoms with Crippen LogP contribution in [0.15, 0.2) is 34.9 Å². The summed E-state index contributed by atoms with van der Waals surface area (Å²) >= 11 is 3.44. The number of aromatic amines is 1. The van der Waals surface area contributed by atoms with E-state index in [0.29, 0.717) is 18.9 Å². The van der Waals surface area contributed by atoms with Crippen LogP contribution in [0.3, 0.4) is 0 Å². The van der Waals surface area contributed by atoms with E-state index in [1.807, 2.05) is 38.1 Å². The van der Waals surface area contributed by atoms with Crippen LogP contribution < -0.4 is 5.32 Å². The van der Waals surface area contributed by atoms with Gasteiger partial charge >= 0.3 is 5.97 Å². The molecule has 0 radical (unpaired) electrons. The number of nitrogens with zero attached hydrogens (tertiary/aromatic N) is 1. The Hall–Kier alpha value is -1.66. The van der Waals surface area contributed by atoms with E-state index >= 15 is 0 Å². The summed E-state index contributed by atoms with van der Waals surface area (Å²) in [6.07, 6.45) is 2.35. The first-order chi connectivity index (χ1) is 10.5. The van der Waals surface area contributed by atoms with Crippen molar-refractivity contribution in [1.29, 1.82) is 0 Å². The quantitative estimate of drug-likeness (QED) is 0.702. The maximum absolute atomic E-state index is 11.2. The molecule has 0 saturated carbocycles. The van der Waals surface area contributed by atoms with Crippen molar-refractivity contribution in [3.05, 3.63) is 40.8 Å². The molecule has 118 valence electrons. The Morgan fingerprint density at radius 3 is 2.86 bits per heavy atom. The molecule has 22 heavy (non-hydrogen) atoms. The highest BCUT2D eigenvalue weighted by Crippen LogP contribution is 2.21. The molecular formula is C16H20BrN3O2. The van der Waals surface area contributed by atoms with Crippen LogP contribution in [0.4, 0.5) is 0 Å². The molecule has 0 spiro atoms. The molecule has 0 bridgehead atoms. The summed E-state index contributed by atoms with van der Waals surface area (Å²) < 4.78 is 1.00. The van der Waals surface area contributed by atoms with E-state index in [1.54, 1.807) is 6.20 Å². The summed E-state index contributed by atoms with van der Waals surface area (Å²) in [6, 6.07) is 7.37. The van der Waals surface area contributed by atoms with Crippen LogP contribution in [0.25, 0.3) is 11.3 Å². The molecule has 0 amide bonds. The van der Waals surface area contributed by atoms with Crippen molar-refractivity contribution in [2.75, 3.05) is 0 Å². The lowest BCUT2D eigenvalue weighted by Gasteiger charge is -2.15. The molecule has 1 atom stereocenters. The van der Waals surface area contributed by atoms with Gasteiger partial charge in [-0.3, -0.25) is 10.1 Å². The zero-order valence-electron chi connectivity index (χ0n) is 12.6. The Morgan fingerprint density at radius 2 is 2.23 bits per heavy atom. The van der Waals surface area contributed by atoms with Crippen molar-refractivity contribution in [2.24, 2.45) is 5.92 Å². The van der Waals surface area contributed by atoms with Gasteiger partial charge in [0, 0.05) is 10.0 Å². The summed E-state index contributed by atoms with van der Waals surface area (Å²) in [5.41, 5.74) is 1.94. The topological polar surface area (TPSA) is 78.0 Å². The fourth-order valence-electron chi connectivity index (χ4n) is 2.22. The Kier molecular flexibility index (Phi) is 5.74. The van der Waals surface area contributed by atoms with Gasteiger partial charge in [-0.1, -0.05) is 41.9 Å². The molecule has 3 N–H and O–H groups in total. The van der Waals surface area contributed by atoms with E-state index in [0.717, 1.165) is 21.6 Å². The fourth-order valence-corrected chi connectivity index (χ4v) is 2.62. The molecule has 0 unspecified atom stereocenters. The van der Waals surface area contributed by atoms with Gasteiger partial charge in [-0.2, -0.15) is 0 Å². The highest BCUT2D eigenvalue weighted by molar-refractivity contribution is 9.10. The van der Waals surface area contributed by atoms with Gasteiger partial charge in [0.05, 0.1) is 18.4 Å². The minimum absolute atomic E-state index is 0.322. The molecule has 2 aromatic rings. The van der Waals surface area contributed by atoms with Crippen molar-refractivity contribution in [1.82, 2.24) is 15.3 Å². The summed E-state index contributed by atoms with van der Waals surface area (Å²) in [6.45, 7) is 4.42. The SMILES string of the molecule is CC(C)C[C@H](NCc1ncc(-c2cccc(Br)c2)[nH]1)C(=O)O. The summed E-state index contributed by atoms with van der Waals surface area (Å²) in [4.78, 5) is 18.7. The van der Waals surface area contributed by atoms with Gasteiger partial charge in [0.1, 0.15) is 11.9 Å². The minimum atomic E-state index is -0.826. The first-order valence-electron chi connectivity index (χ1n) is 7.21. The second kappa shape index (κ2) is 7.56. The van der Waals surface area contributed by atoms with Crippen molar-refractivity contribution in [2.45, 2.75) is 32.9 Å². The third-order valence-electron chi connectivity index (χ3n) is 3.29. The minimum Gasteiger partial charge on any atom is -0.480 e. The molecule has 0 aliphatic heterocycles. The number of hydrogen-bond donors (Lipinski definition) is 3. The number of rotatable bonds is 7. The van der Waals surface area contributed by atoms with Crippen molar-refractivity contribution < 1.29 is 9.90 Å². The molecule has 1 aromatic carbocycles. The molecule has 0 aliphatic rings. The number of aliphatic carboxylic acids is 1. The number of nitrogens with one attached hydrogen (secondary N) is 2. The predicted molar refractivity (Wildman–Crippen MR) is 89.4 cm³/mol. The van der Waals surface area contributed by atoms with Gasteiger partial charge in [0.15, 0.2) is 0 Å². The van der Waals surface area contributed by atoms with E-state index in [2.05, 4.69) is 31.2 Å². The number of H-pyrrole nitrogens is 1. The molecule has 1 heterocycles. The Balaban J connectivity index is 2.01. The maximum atomic E-state index is 11.2. The van der Waals surface area contributed by atoms with E-state index in [-0.39, 0.29) is 0 Å². The van der Waals surface area contributed by atoms with Crippen LogP contribution in [0.5, 0.6) is 0 Å². The normalized spacial score (nSPS) is 12.5. The molecule has 0 saturated heterocycles. The molecule has 0 aliphatic carbocycles. The first-order valence-corrected chi connectivity index (χ1v) is 8.01. The van der Waals surface area contributed by atoms with Crippen LogP contribution in [-0.2, 0) is 11.3 Å². The highest BCUT2D eigenvalue weighted by atomic mass is 79.9. The third kappa shape index (κ3) is 4.68. The standard InChI is InChI=1S/C16H20BrN3O2/c1-10(2)6-13(16(21)22)18-9-15-19-8-14(20-15)11-4-3-5-12(17)7-11/h3-5,7-8,10,13,18H,6,9H2,1-2H3,(H,19,20)(H,21,22)/t13-/m0/s1. The zero-order chi connectivity index (χ0) is 16.1. The first kappa shape index (κ1) is 16.7. The van der Waals surface area contributed by atoms with Crippen LogP contribution >= 0.6 is 15.9 Å². The number of benzene rings is 1. The van der Waals surface area contributed by atoms with E-state index in [1.165, 1.54) is 0 Å². The number of carboxylic acids is 1. The number of hydrogen-bond acceptors (Lipinski definition) is 3. The van der Waals surface area contributed by atoms with Crippen LogP contribution in [0.1, 0.15) is 26.1 Å². The molecule has 1 aromatic heterocycles. The Bertz CT molecular complexity index is 640. The van der Waals surface area contributed by atoms with E-state index in [9.17, 15) is 9.90 Å². The van der Waals surface area contributed by atoms with Gasteiger partial charge in [-0.05, 0) is 24.5 Å². The number of aromatic nitrogens is 2. The van der Waals surface area contributed by atoms with Gasteiger partial charge in [0.2, 0.25) is 0 Å². The fraction of sp³-hybridized carbons (Fsp3) is 0.375. The largest absolute Gasteiger partial charge is 0.480 e. The van der Waals surface area contributed by atoms with Crippen LogP contribution in [-0.4, -0.2) is 27.1 Å². The second-order valence-corrected chi connectivity index (χ2v) is 6.57. The van der Waals surface area contributed by atoms with Crippen molar-refractivity contribution in [3.8, 4) is 11.3 Å². The van der Waals surface area contributed by atoms with Crippen molar-refractivity contribution in [3.63, 3.8) is 0 Å². The summed E-state index contributed by atoms with van der Waals surface area (Å²) in [5.74, 6) is 0.222. The lowest BCUT2D eigenvalue weighted by atomic mass is 10.0. The van der Waals surface area contributed by atoms with Gasteiger partial charge in [0.25, 0.3) is 0 Å². The lowest BCUT2D eigenvalue weighted by molar-refractivity contribution is -0.140. The second-order valence-electron chi connectivity index (χ2n) is 5.66. The zero-order valence-corrected chi connectivity index (χ0v) is 14.2. The Labute approximate surface area is 138 Å². The lowest BCUT2D eigenvalue weighted by Crippen LogP contribution is -2.37. The number of carboxylic acid groups (broad SMARTS) is 1. The molecule has 5 nitrogen and oxygen atoms in total. The van der Waals surface area contributed by atoms with E-state index < -0.39 is 12.0 Å². The summed E-state index contributed by atoms with van der Waals surface area (Å²) in [5, 5.41) is 12.3. The average molecular weight is 366 g/mol. The van der Waals surface area contributed by atoms with Gasteiger partial charge in [-0.25, -0.2) is 4.98 Å². The summed E-state index contributed by atoms with van der Waals surface area (Å²) in [7, 11) is 0. The predicted octanol–water partition coefficient (Wildman–Crippen LogP) is 3.43. The Morgan fingerprint density at radius 1 is 1.45 bits per heavy atom. The smallest absolute Gasteiger partial charge is 0.320 e. The van der Waals surface area contributed by atoms with Gasteiger partial charge < -0.3 is 10.1 Å². The number of imidazole rings is 1. The highest BCUT2D eigenvalue weighted by Gasteiger charge is 2.18.